The predicted octanol–water partition coefficient (Wildman–Crippen LogP) is 6.50. The van der Waals surface area contributed by atoms with Gasteiger partial charge in [0.05, 0.1) is 0 Å². The second-order valence-corrected chi connectivity index (χ2v) is 7.37. The molecule has 0 bridgehead atoms. The molecule has 0 heterocycles. The Balaban J connectivity index is 4.94. The third-order valence-electron chi connectivity index (χ3n) is 3.08. The lowest BCUT2D eigenvalue weighted by atomic mass is 9.75. The van der Waals surface area contributed by atoms with Crippen LogP contribution in [0, 0.1) is 16.7 Å². The van der Waals surface area contributed by atoms with E-state index < -0.39 is 0 Å². The largest absolute Gasteiger partial charge is 0.0991 e. The molecule has 0 aliphatic carbocycles. The van der Waals surface area contributed by atoms with Crippen LogP contribution in [0.25, 0.3) is 0 Å². The molecule has 0 aromatic rings. The van der Waals surface area contributed by atoms with E-state index in [4.69, 9.17) is 0 Å². The SMILES string of the molecule is C=C/C=C\C(=C/C=C)C(C)/C=C/C(C)(C)CC(C)(C)C. The molecule has 0 aliphatic heterocycles. The van der Waals surface area contributed by atoms with Crippen molar-refractivity contribution in [1.82, 2.24) is 0 Å². The van der Waals surface area contributed by atoms with E-state index in [1.165, 1.54) is 12.0 Å². The highest BCUT2D eigenvalue weighted by atomic mass is 14.3. The molecular weight excluding hydrogens is 240 g/mol. The molecule has 1 atom stereocenters. The normalized spacial score (nSPS) is 15.8. The average molecular weight is 272 g/mol. The Morgan fingerprint density at radius 2 is 1.65 bits per heavy atom. The zero-order chi connectivity index (χ0) is 15.8. The van der Waals surface area contributed by atoms with Gasteiger partial charge in [0.1, 0.15) is 0 Å². The molecule has 112 valence electrons. The Hall–Kier alpha value is -1.30. The van der Waals surface area contributed by atoms with Crippen molar-refractivity contribution in [2.24, 2.45) is 16.7 Å². The minimum absolute atomic E-state index is 0.216. The summed E-state index contributed by atoms with van der Waals surface area (Å²) >= 11 is 0. The van der Waals surface area contributed by atoms with E-state index in [1.54, 1.807) is 6.08 Å². The predicted molar refractivity (Wildman–Crippen MR) is 93.8 cm³/mol. The molecule has 0 amide bonds. The van der Waals surface area contributed by atoms with E-state index in [0.717, 1.165) is 0 Å². The maximum Gasteiger partial charge on any atom is -0.00102 e. The second kappa shape index (κ2) is 8.09. The van der Waals surface area contributed by atoms with Crippen LogP contribution in [0.1, 0.15) is 48.0 Å². The quantitative estimate of drug-likeness (QED) is 0.367. The van der Waals surface area contributed by atoms with Gasteiger partial charge in [-0.2, -0.15) is 0 Å². The first-order chi connectivity index (χ1) is 9.11. The molecule has 0 aromatic heterocycles. The monoisotopic (exact) mass is 272 g/mol. The number of allylic oxidation sites excluding steroid dienone is 8. The van der Waals surface area contributed by atoms with Gasteiger partial charge in [-0.05, 0) is 28.7 Å². The summed E-state index contributed by atoms with van der Waals surface area (Å²) in [5, 5.41) is 0. The molecule has 0 heteroatoms. The third kappa shape index (κ3) is 8.74. The van der Waals surface area contributed by atoms with E-state index in [0.29, 0.717) is 11.3 Å². The van der Waals surface area contributed by atoms with Crippen molar-refractivity contribution in [2.75, 3.05) is 0 Å². The van der Waals surface area contributed by atoms with Crippen molar-refractivity contribution in [2.45, 2.75) is 48.0 Å². The van der Waals surface area contributed by atoms with E-state index in [2.05, 4.69) is 79.0 Å². The van der Waals surface area contributed by atoms with Crippen LogP contribution >= 0.6 is 0 Å². The summed E-state index contributed by atoms with van der Waals surface area (Å²) in [5.74, 6) is 0.378. The van der Waals surface area contributed by atoms with Crippen molar-refractivity contribution in [3.8, 4) is 0 Å². The summed E-state index contributed by atoms with van der Waals surface area (Å²) in [5.41, 5.74) is 1.82. The third-order valence-corrected chi connectivity index (χ3v) is 3.08. The molecule has 0 spiro atoms. The highest BCUT2D eigenvalue weighted by Gasteiger charge is 2.22. The van der Waals surface area contributed by atoms with Crippen LogP contribution in [0.5, 0.6) is 0 Å². The first-order valence-electron chi connectivity index (χ1n) is 7.42. The number of rotatable bonds is 7. The Morgan fingerprint density at radius 1 is 1.05 bits per heavy atom. The molecule has 0 rings (SSSR count). The molecule has 0 saturated heterocycles. The van der Waals surface area contributed by atoms with E-state index in [1.807, 2.05) is 12.2 Å². The van der Waals surface area contributed by atoms with E-state index in [9.17, 15) is 0 Å². The molecule has 0 fully saturated rings. The Labute approximate surface area is 126 Å². The summed E-state index contributed by atoms with van der Waals surface area (Å²) in [7, 11) is 0. The molecular formula is C20H32. The lowest BCUT2D eigenvalue weighted by Gasteiger charge is -2.30. The van der Waals surface area contributed by atoms with Gasteiger partial charge in [0, 0.05) is 0 Å². The lowest BCUT2D eigenvalue weighted by Crippen LogP contribution is -2.18. The zero-order valence-electron chi connectivity index (χ0n) is 14.2. The summed E-state index contributed by atoms with van der Waals surface area (Å²) in [6, 6.07) is 0. The number of hydrogen-bond acceptors (Lipinski definition) is 0. The second-order valence-electron chi connectivity index (χ2n) is 7.37. The van der Waals surface area contributed by atoms with E-state index in [-0.39, 0.29) is 5.41 Å². The summed E-state index contributed by atoms with van der Waals surface area (Å²) in [6.45, 7) is 21.2. The van der Waals surface area contributed by atoms with Gasteiger partial charge in [-0.25, -0.2) is 0 Å². The fourth-order valence-corrected chi connectivity index (χ4v) is 2.62. The first-order valence-corrected chi connectivity index (χ1v) is 7.42. The summed E-state index contributed by atoms with van der Waals surface area (Å²) in [4.78, 5) is 0. The van der Waals surface area contributed by atoms with Gasteiger partial charge in [-0.3, -0.25) is 0 Å². The lowest BCUT2D eigenvalue weighted by molar-refractivity contribution is 0.261. The van der Waals surface area contributed by atoms with Crippen LogP contribution < -0.4 is 0 Å². The van der Waals surface area contributed by atoms with Crippen LogP contribution in [0.15, 0.2) is 61.3 Å². The average Bonchev–Trinajstić information content (AvgIpc) is 2.28. The first kappa shape index (κ1) is 18.7. The molecule has 0 radical (unpaired) electrons. The molecule has 1 unspecified atom stereocenters. The number of hydrogen-bond donors (Lipinski definition) is 0. The van der Waals surface area contributed by atoms with Crippen LogP contribution in [0.2, 0.25) is 0 Å². The maximum absolute atomic E-state index is 3.79. The Kier molecular flexibility index (Phi) is 7.57. The summed E-state index contributed by atoms with van der Waals surface area (Å²) < 4.78 is 0. The topological polar surface area (TPSA) is 0 Å². The van der Waals surface area contributed by atoms with Crippen LogP contribution in [0.3, 0.4) is 0 Å². The van der Waals surface area contributed by atoms with Crippen molar-refractivity contribution in [3.63, 3.8) is 0 Å². The van der Waals surface area contributed by atoms with Gasteiger partial charge in [-0.1, -0.05) is 97.2 Å². The van der Waals surface area contributed by atoms with E-state index >= 15 is 0 Å². The molecule has 0 aliphatic rings. The Bertz CT molecular complexity index is 394. The minimum atomic E-state index is 0.216. The molecule has 20 heavy (non-hydrogen) atoms. The molecule has 0 nitrogen and oxygen atoms in total. The molecule has 0 saturated carbocycles. The van der Waals surface area contributed by atoms with Crippen molar-refractivity contribution < 1.29 is 0 Å². The fourth-order valence-electron chi connectivity index (χ4n) is 2.62. The van der Waals surface area contributed by atoms with Gasteiger partial charge >= 0.3 is 0 Å². The van der Waals surface area contributed by atoms with Crippen LogP contribution in [0.4, 0.5) is 0 Å². The van der Waals surface area contributed by atoms with Crippen molar-refractivity contribution in [3.05, 3.63) is 61.3 Å². The fraction of sp³-hybridized carbons (Fsp3) is 0.500. The summed E-state index contributed by atoms with van der Waals surface area (Å²) in [6.07, 6.45) is 15.6. The standard InChI is InChI=1S/C20H32/c1-9-11-13-18(12-10-2)17(3)14-15-20(7,8)16-19(4,5)6/h9-15,17H,1-2,16H2,3-8H3/b13-11-,15-14+,18-12+. The highest BCUT2D eigenvalue weighted by molar-refractivity contribution is 5.30. The Morgan fingerprint density at radius 3 is 2.10 bits per heavy atom. The molecule has 0 aromatic carbocycles. The minimum Gasteiger partial charge on any atom is -0.0991 e. The van der Waals surface area contributed by atoms with Gasteiger partial charge in [-0.15, -0.1) is 0 Å². The van der Waals surface area contributed by atoms with Crippen molar-refractivity contribution in [1.29, 1.82) is 0 Å². The van der Waals surface area contributed by atoms with Gasteiger partial charge < -0.3 is 0 Å². The smallest absolute Gasteiger partial charge is 0.00102 e. The maximum atomic E-state index is 3.79. The van der Waals surface area contributed by atoms with Crippen LogP contribution in [-0.4, -0.2) is 0 Å². The van der Waals surface area contributed by atoms with Gasteiger partial charge in [0.25, 0.3) is 0 Å². The van der Waals surface area contributed by atoms with Crippen molar-refractivity contribution >= 4 is 0 Å². The van der Waals surface area contributed by atoms with Crippen LogP contribution in [-0.2, 0) is 0 Å². The van der Waals surface area contributed by atoms with Gasteiger partial charge in [0.2, 0.25) is 0 Å². The zero-order valence-corrected chi connectivity index (χ0v) is 14.2. The highest BCUT2D eigenvalue weighted by Crippen LogP contribution is 2.34. The molecule has 0 N–H and O–H groups in total. The van der Waals surface area contributed by atoms with Gasteiger partial charge in [0.15, 0.2) is 0 Å².